The first-order chi connectivity index (χ1) is 5.65. The molecule has 4 heteroatoms. The maximum atomic E-state index is 7.27. The van der Waals surface area contributed by atoms with Crippen LogP contribution in [0.2, 0.25) is 0 Å². The SMILES string of the molecule is COCC1CN(C(=N)N)CC1C. The fourth-order valence-corrected chi connectivity index (χ4v) is 1.66. The summed E-state index contributed by atoms with van der Waals surface area (Å²) in [6.45, 7) is 4.70. The van der Waals surface area contributed by atoms with Crippen molar-refractivity contribution in [3.05, 3.63) is 0 Å². The molecule has 1 rings (SSSR count). The first-order valence-corrected chi connectivity index (χ1v) is 4.23. The number of ether oxygens (including phenoxy) is 1. The van der Waals surface area contributed by atoms with E-state index in [1.54, 1.807) is 7.11 Å². The smallest absolute Gasteiger partial charge is 0.188 e. The molecule has 0 saturated carbocycles. The highest BCUT2D eigenvalue weighted by atomic mass is 16.5. The zero-order chi connectivity index (χ0) is 9.14. The van der Waals surface area contributed by atoms with E-state index in [0.29, 0.717) is 11.8 Å². The van der Waals surface area contributed by atoms with Crippen LogP contribution in [-0.2, 0) is 4.74 Å². The Labute approximate surface area is 73.2 Å². The van der Waals surface area contributed by atoms with Crippen LogP contribution >= 0.6 is 0 Å². The average molecular weight is 171 g/mol. The molecule has 1 aliphatic rings. The molecule has 0 radical (unpaired) electrons. The van der Waals surface area contributed by atoms with Crippen molar-refractivity contribution in [1.29, 1.82) is 5.41 Å². The highest BCUT2D eigenvalue weighted by molar-refractivity contribution is 5.74. The molecule has 1 saturated heterocycles. The summed E-state index contributed by atoms with van der Waals surface area (Å²) in [6, 6.07) is 0. The third-order valence-corrected chi connectivity index (χ3v) is 2.49. The third-order valence-electron chi connectivity index (χ3n) is 2.49. The Kier molecular flexibility index (Phi) is 2.92. The Balaban J connectivity index is 2.44. The van der Waals surface area contributed by atoms with Crippen LogP contribution in [-0.4, -0.2) is 37.7 Å². The second-order valence-corrected chi connectivity index (χ2v) is 3.48. The van der Waals surface area contributed by atoms with Gasteiger partial charge in [0.1, 0.15) is 0 Å². The van der Waals surface area contributed by atoms with Crippen molar-refractivity contribution in [2.24, 2.45) is 17.6 Å². The predicted molar refractivity (Wildman–Crippen MR) is 48.0 cm³/mol. The molecule has 0 aliphatic carbocycles. The Morgan fingerprint density at radius 3 is 2.75 bits per heavy atom. The minimum absolute atomic E-state index is 0.181. The second kappa shape index (κ2) is 3.76. The van der Waals surface area contributed by atoms with Crippen molar-refractivity contribution >= 4 is 5.96 Å². The second-order valence-electron chi connectivity index (χ2n) is 3.48. The van der Waals surface area contributed by atoms with E-state index in [1.807, 2.05) is 4.90 Å². The maximum Gasteiger partial charge on any atom is 0.188 e. The van der Waals surface area contributed by atoms with Gasteiger partial charge in [-0.3, -0.25) is 5.41 Å². The number of hydrogen-bond donors (Lipinski definition) is 2. The van der Waals surface area contributed by atoms with E-state index in [1.165, 1.54) is 0 Å². The molecule has 0 bridgehead atoms. The lowest BCUT2D eigenvalue weighted by atomic mass is 10.00. The molecule has 2 unspecified atom stereocenters. The molecule has 0 aromatic heterocycles. The topological polar surface area (TPSA) is 62.3 Å². The van der Waals surface area contributed by atoms with E-state index >= 15 is 0 Å². The summed E-state index contributed by atoms with van der Waals surface area (Å²) in [5.74, 6) is 1.29. The van der Waals surface area contributed by atoms with Gasteiger partial charge in [-0.1, -0.05) is 6.92 Å². The molecule has 70 valence electrons. The van der Waals surface area contributed by atoms with Crippen molar-refractivity contribution in [3.8, 4) is 0 Å². The van der Waals surface area contributed by atoms with Crippen LogP contribution in [0.25, 0.3) is 0 Å². The number of methoxy groups -OCH3 is 1. The normalized spacial score (nSPS) is 29.3. The lowest BCUT2D eigenvalue weighted by Crippen LogP contribution is -2.34. The van der Waals surface area contributed by atoms with Gasteiger partial charge < -0.3 is 15.4 Å². The lowest BCUT2D eigenvalue weighted by Gasteiger charge is -2.14. The molecular weight excluding hydrogens is 154 g/mol. The van der Waals surface area contributed by atoms with Crippen LogP contribution in [0.5, 0.6) is 0 Å². The van der Waals surface area contributed by atoms with Crippen molar-refractivity contribution in [1.82, 2.24) is 4.90 Å². The summed E-state index contributed by atoms with van der Waals surface area (Å²) in [4.78, 5) is 1.90. The summed E-state index contributed by atoms with van der Waals surface area (Å²) >= 11 is 0. The highest BCUT2D eigenvalue weighted by Crippen LogP contribution is 2.22. The molecule has 1 fully saturated rings. The van der Waals surface area contributed by atoms with Gasteiger partial charge in [-0.05, 0) is 5.92 Å². The Bertz CT molecular complexity index is 172. The standard InChI is InChI=1S/C8H17N3O/c1-6-3-11(8(9)10)4-7(6)5-12-2/h6-7H,3-5H2,1-2H3,(H3,9,10). The fraction of sp³-hybridized carbons (Fsp3) is 0.875. The molecule has 0 spiro atoms. The Hall–Kier alpha value is -0.770. The molecule has 2 atom stereocenters. The number of nitrogens with one attached hydrogen (secondary N) is 1. The van der Waals surface area contributed by atoms with Crippen LogP contribution < -0.4 is 5.73 Å². The summed E-state index contributed by atoms with van der Waals surface area (Å²) in [5.41, 5.74) is 5.39. The van der Waals surface area contributed by atoms with E-state index in [0.717, 1.165) is 19.7 Å². The third kappa shape index (κ3) is 1.88. The molecule has 1 aliphatic heterocycles. The van der Waals surface area contributed by atoms with Crippen LogP contribution in [0.3, 0.4) is 0 Å². The summed E-state index contributed by atoms with van der Waals surface area (Å²) in [5, 5.41) is 7.27. The zero-order valence-corrected chi connectivity index (χ0v) is 7.71. The number of likely N-dealkylation sites (tertiary alicyclic amines) is 1. The molecule has 1 heterocycles. The summed E-state index contributed by atoms with van der Waals surface area (Å²) < 4.78 is 5.09. The first kappa shape index (κ1) is 9.32. The molecule has 0 aromatic rings. The largest absolute Gasteiger partial charge is 0.384 e. The molecule has 0 aromatic carbocycles. The van der Waals surface area contributed by atoms with E-state index in [4.69, 9.17) is 15.9 Å². The highest BCUT2D eigenvalue weighted by Gasteiger charge is 2.29. The summed E-state index contributed by atoms with van der Waals surface area (Å²) in [7, 11) is 1.71. The monoisotopic (exact) mass is 171 g/mol. The molecular formula is C8H17N3O. The van der Waals surface area contributed by atoms with Crippen molar-refractivity contribution in [3.63, 3.8) is 0 Å². The maximum absolute atomic E-state index is 7.27. The number of hydrogen-bond acceptors (Lipinski definition) is 2. The van der Waals surface area contributed by atoms with Crippen LogP contribution in [0.4, 0.5) is 0 Å². The van der Waals surface area contributed by atoms with E-state index in [2.05, 4.69) is 6.92 Å². The zero-order valence-electron chi connectivity index (χ0n) is 7.71. The van der Waals surface area contributed by atoms with Crippen molar-refractivity contribution < 1.29 is 4.74 Å². The fourth-order valence-electron chi connectivity index (χ4n) is 1.66. The Morgan fingerprint density at radius 2 is 2.33 bits per heavy atom. The number of nitrogens with zero attached hydrogens (tertiary/aromatic N) is 1. The van der Waals surface area contributed by atoms with Gasteiger partial charge >= 0.3 is 0 Å². The van der Waals surface area contributed by atoms with Gasteiger partial charge in [0.15, 0.2) is 5.96 Å². The minimum atomic E-state index is 0.181. The van der Waals surface area contributed by atoms with Gasteiger partial charge in [0.25, 0.3) is 0 Å². The summed E-state index contributed by atoms with van der Waals surface area (Å²) in [6.07, 6.45) is 0. The van der Waals surface area contributed by atoms with Gasteiger partial charge in [-0.2, -0.15) is 0 Å². The number of rotatable bonds is 2. The van der Waals surface area contributed by atoms with Gasteiger partial charge in [0, 0.05) is 26.1 Å². The molecule has 4 nitrogen and oxygen atoms in total. The number of nitrogens with two attached hydrogens (primary N) is 1. The van der Waals surface area contributed by atoms with Gasteiger partial charge in [-0.25, -0.2) is 0 Å². The van der Waals surface area contributed by atoms with Gasteiger partial charge in [-0.15, -0.1) is 0 Å². The van der Waals surface area contributed by atoms with Crippen LogP contribution in [0.15, 0.2) is 0 Å². The van der Waals surface area contributed by atoms with E-state index < -0.39 is 0 Å². The lowest BCUT2D eigenvalue weighted by molar-refractivity contribution is 0.142. The van der Waals surface area contributed by atoms with Crippen molar-refractivity contribution in [2.75, 3.05) is 26.8 Å². The predicted octanol–water partition coefficient (Wildman–Crippen LogP) is 0.0942. The van der Waals surface area contributed by atoms with E-state index in [9.17, 15) is 0 Å². The number of guanidine groups is 1. The molecule has 12 heavy (non-hydrogen) atoms. The Morgan fingerprint density at radius 1 is 1.67 bits per heavy atom. The molecule has 0 amide bonds. The van der Waals surface area contributed by atoms with Crippen molar-refractivity contribution in [2.45, 2.75) is 6.92 Å². The van der Waals surface area contributed by atoms with E-state index in [-0.39, 0.29) is 5.96 Å². The van der Waals surface area contributed by atoms with Crippen LogP contribution in [0.1, 0.15) is 6.92 Å². The van der Waals surface area contributed by atoms with Gasteiger partial charge in [0.05, 0.1) is 6.61 Å². The first-order valence-electron chi connectivity index (χ1n) is 4.23. The minimum Gasteiger partial charge on any atom is -0.384 e. The average Bonchev–Trinajstić information content (AvgIpc) is 2.34. The molecule has 3 N–H and O–H groups in total. The van der Waals surface area contributed by atoms with Crippen LogP contribution in [0, 0.1) is 17.2 Å². The van der Waals surface area contributed by atoms with Gasteiger partial charge in [0.2, 0.25) is 0 Å². The quantitative estimate of drug-likeness (QED) is 0.457.